The van der Waals surface area contributed by atoms with Gasteiger partial charge in [0, 0.05) is 37.8 Å². The Balaban J connectivity index is 1.48. The first-order chi connectivity index (χ1) is 16.0. The molecule has 33 heavy (non-hydrogen) atoms. The first-order valence-electron chi connectivity index (χ1n) is 12.3. The Labute approximate surface area is 197 Å². The Hall–Kier alpha value is -2.45. The lowest BCUT2D eigenvalue weighted by Crippen LogP contribution is -2.55. The van der Waals surface area contributed by atoms with Crippen molar-refractivity contribution < 1.29 is 14.4 Å². The highest BCUT2D eigenvalue weighted by atomic mass is 16.2. The molecule has 4 N–H and O–H groups in total. The van der Waals surface area contributed by atoms with Crippen LogP contribution in [0.25, 0.3) is 0 Å². The van der Waals surface area contributed by atoms with Crippen molar-refractivity contribution in [3.63, 3.8) is 0 Å². The molecule has 0 bridgehead atoms. The predicted octanol–water partition coefficient (Wildman–Crippen LogP) is 1.88. The van der Waals surface area contributed by atoms with Crippen LogP contribution >= 0.6 is 0 Å². The lowest BCUT2D eigenvalue weighted by Gasteiger charge is -2.33. The van der Waals surface area contributed by atoms with Crippen molar-refractivity contribution in [1.29, 1.82) is 0 Å². The van der Waals surface area contributed by atoms with Crippen molar-refractivity contribution in [1.82, 2.24) is 20.9 Å². The number of carbonyl (C=O) groups excluding carboxylic acids is 3. The van der Waals surface area contributed by atoms with Crippen molar-refractivity contribution >= 4 is 23.4 Å². The molecule has 8 nitrogen and oxygen atoms in total. The highest BCUT2D eigenvalue weighted by Gasteiger charge is 2.37. The summed E-state index contributed by atoms with van der Waals surface area (Å²) in [4.78, 5) is 40.0. The number of anilines is 1. The van der Waals surface area contributed by atoms with Crippen LogP contribution < -0.4 is 21.3 Å². The number of rotatable bonds is 10. The molecule has 2 fully saturated rings. The summed E-state index contributed by atoms with van der Waals surface area (Å²) < 4.78 is 0. The summed E-state index contributed by atoms with van der Waals surface area (Å²) in [5, 5.41) is 12.3. The minimum atomic E-state index is -0.455. The molecule has 3 rings (SSSR count). The molecule has 1 aromatic rings. The molecule has 1 saturated carbocycles. The van der Waals surface area contributed by atoms with Crippen LogP contribution in [0.2, 0.25) is 0 Å². The number of likely N-dealkylation sites (N-methyl/N-ethyl adjacent to an activating group) is 1. The Bertz CT molecular complexity index is 782. The third-order valence-electron chi connectivity index (χ3n) is 6.85. The molecular formula is C25H39N5O3. The molecule has 1 heterocycles. The molecule has 8 heteroatoms. The summed E-state index contributed by atoms with van der Waals surface area (Å²) in [6.07, 6.45) is 6.62. The average molecular weight is 458 g/mol. The number of para-hydroxylation sites is 1. The van der Waals surface area contributed by atoms with Crippen LogP contribution in [0.15, 0.2) is 30.3 Å². The zero-order valence-electron chi connectivity index (χ0n) is 19.9. The van der Waals surface area contributed by atoms with Gasteiger partial charge in [-0.15, -0.1) is 0 Å². The Morgan fingerprint density at radius 2 is 1.79 bits per heavy atom. The molecule has 0 radical (unpaired) electrons. The second kappa shape index (κ2) is 12.7. The number of amides is 3. The SMILES string of the molecule is CNC(C)C(=O)NC(C(=O)N1CCC(NCCC(=O)Nc2ccccc2)C1)C1CCCCC1. The molecule has 1 aliphatic carbocycles. The zero-order chi connectivity index (χ0) is 23.6. The number of benzene rings is 1. The van der Waals surface area contributed by atoms with Crippen LogP contribution in [0.3, 0.4) is 0 Å². The summed E-state index contributed by atoms with van der Waals surface area (Å²) in [5.41, 5.74) is 0.795. The van der Waals surface area contributed by atoms with E-state index in [1.54, 1.807) is 7.05 Å². The smallest absolute Gasteiger partial charge is 0.245 e. The van der Waals surface area contributed by atoms with Crippen LogP contribution in [0.4, 0.5) is 5.69 Å². The quantitative estimate of drug-likeness (QED) is 0.430. The van der Waals surface area contributed by atoms with Crippen LogP contribution in [0.1, 0.15) is 51.9 Å². The minimum Gasteiger partial charge on any atom is -0.343 e. The largest absolute Gasteiger partial charge is 0.343 e. The number of nitrogens with one attached hydrogen (secondary N) is 4. The van der Waals surface area contributed by atoms with Crippen LogP contribution in [-0.2, 0) is 14.4 Å². The number of hydrogen-bond donors (Lipinski definition) is 4. The van der Waals surface area contributed by atoms with E-state index in [9.17, 15) is 14.4 Å². The predicted molar refractivity (Wildman–Crippen MR) is 130 cm³/mol. The number of likely N-dealkylation sites (tertiary alicyclic amines) is 1. The number of carbonyl (C=O) groups is 3. The monoisotopic (exact) mass is 457 g/mol. The van der Waals surface area contributed by atoms with Crippen molar-refractivity contribution in [2.24, 2.45) is 5.92 Å². The van der Waals surface area contributed by atoms with Gasteiger partial charge in [-0.05, 0) is 51.3 Å². The van der Waals surface area contributed by atoms with Gasteiger partial charge in [-0.25, -0.2) is 0 Å². The lowest BCUT2D eigenvalue weighted by atomic mass is 9.83. The van der Waals surface area contributed by atoms with Gasteiger partial charge in [0.15, 0.2) is 0 Å². The maximum atomic E-state index is 13.4. The second-order valence-electron chi connectivity index (χ2n) is 9.28. The van der Waals surface area contributed by atoms with Gasteiger partial charge in [0.1, 0.15) is 6.04 Å². The molecule has 0 spiro atoms. The third kappa shape index (κ3) is 7.54. The summed E-state index contributed by atoms with van der Waals surface area (Å²) >= 11 is 0. The summed E-state index contributed by atoms with van der Waals surface area (Å²) in [6.45, 7) is 3.66. The van der Waals surface area contributed by atoms with Crippen molar-refractivity contribution in [3.05, 3.63) is 30.3 Å². The van der Waals surface area contributed by atoms with E-state index in [2.05, 4.69) is 21.3 Å². The first kappa shape index (κ1) is 25.2. The normalized spacial score (nSPS) is 20.8. The molecule has 1 saturated heterocycles. The fourth-order valence-electron chi connectivity index (χ4n) is 4.72. The van der Waals surface area contributed by atoms with E-state index in [4.69, 9.17) is 0 Å². The highest BCUT2D eigenvalue weighted by molar-refractivity contribution is 5.91. The van der Waals surface area contributed by atoms with Gasteiger partial charge >= 0.3 is 0 Å². The first-order valence-corrected chi connectivity index (χ1v) is 12.3. The van der Waals surface area contributed by atoms with Crippen LogP contribution in [0, 0.1) is 5.92 Å². The topological polar surface area (TPSA) is 103 Å². The van der Waals surface area contributed by atoms with E-state index in [0.29, 0.717) is 26.1 Å². The van der Waals surface area contributed by atoms with Gasteiger partial charge in [-0.1, -0.05) is 37.5 Å². The maximum Gasteiger partial charge on any atom is 0.245 e. The summed E-state index contributed by atoms with van der Waals surface area (Å²) in [7, 11) is 1.75. The Morgan fingerprint density at radius 1 is 1.06 bits per heavy atom. The van der Waals surface area contributed by atoms with Crippen LogP contribution in [0.5, 0.6) is 0 Å². The molecule has 3 unspecified atom stereocenters. The second-order valence-corrected chi connectivity index (χ2v) is 9.28. The van der Waals surface area contributed by atoms with Crippen LogP contribution in [-0.4, -0.2) is 67.4 Å². The zero-order valence-corrected chi connectivity index (χ0v) is 19.9. The van der Waals surface area contributed by atoms with E-state index < -0.39 is 6.04 Å². The molecule has 182 valence electrons. The highest BCUT2D eigenvalue weighted by Crippen LogP contribution is 2.28. The lowest BCUT2D eigenvalue weighted by molar-refractivity contribution is -0.138. The number of nitrogens with zero attached hydrogens (tertiary/aromatic N) is 1. The molecule has 3 atom stereocenters. The van der Waals surface area contributed by atoms with Crippen molar-refractivity contribution in [2.45, 2.75) is 70.0 Å². The molecule has 0 aromatic heterocycles. The molecular weight excluding hydrogens is 418 g/mol. The van der Waals surface area contributed by atoms with Crippen molar-refractivity contribution in [2.75, 3.05) is 32.0 Å². The van der Waals surface area contributed by atoms with E-state index in [-0.39, 0.29) is 35.7 Å². The molecule has 3 amide bonds. The van der Waals surface area contributed by atoms with E-state index in [0.717, 1.165) is 37.8 Å². The van der Waals surface area contributed by atoms with Gasteiger partial charge < -0.3 is 26.2 Å². The van der Waals surface area contributed by atoms with Gasteiger partial charge in [-0.3, -0.25) is 14.4 Å². The van der Waals surface area contributed by atoms with Gasteiger partial charge in [0.25, 0.3) is 0 Å². The third-order valence-corrected chi connectivity index (χ3v) is 6.85. The Morgan fingerprint density at radius 3 is 2.48 bits per heavy atom. The standard InChI is InChI=1S/C25H39N5O3/c1-18(26-2)24(32)29-23(19-9-5-3-6-10-19)25(33)30-16-14-21(17-30)27-15-13-22(31)28-20-11-7-4-8-12-20/h4,7-8,11-12,18-19,21,23,26-27H,3,5-6,9-10,13-17H2,1-2H3,(H,28,31)(H,29,32). The van der Waals surface area contributed by atoms with Gasteiger partial charge in [0.05, 0.1) is 6.04 Å². The number of hydrogen-bond acceptors (Lipinski definition) is 5. The van der Waals surface area contributed by atoms with E-state index in [1.165, 1.54) is 6.42 Å². The van der Waals surface area contributed by atoms with Gasteiger partial charge in [-0.2, -0.15) is 0 Å². The van der Waals surface area contributed by atoms with E-state index >= 15 is 0 Å². The molecule has 1 aliphatic heterocycles. The summed E-state index contributed by atoms with van der Waals surface area (Å²) in [5.74, 6) is 0.0794. The average Bonchev–Trinajstić information content (AvgIpc) is 3.31. The molecule has 2 aliphatic rings. The fourth-order valence-corrected chi connectivity index (χ4v) is 4.72. The van der Waals surface area contributed by atoms with Crippen molar-refractivity contribution in [3.8, 4) is 0 Å². The summed E-state index contributed by atoms with van der Waals surface area (Å²) in [6, 6.07) is 8.80. The van der Waals surface area contributed by atoms with E-state index in [1.807, 2.05) is 42.2 Å². The van der Waals surface area contributed by atoms with Gasteiger partial charge in [0.2, 0.25) is 17.7 Å². The molecule has 1 aromatic carbocycles. The fraction of sp³-hybridized carbons (Fsp3) is 0.640. The minimum absolute atomic E-state index is 0.0293. The Kier molecular flexibility index (Phi) is 9.69. The maximum absolute atomic E-state index is 13.4.